The zero-order valence-electron chi connectivity index (χ0n) is 15.8. The van der Waals surface area contributed by atoms with Crippen molar-refractivity contribution < 1.29 is 27.8 Å². The first kappa shape index (κ1) is 22.8. The molecule has 0 radical (unpaired) electrons. The summed E-state index contributed by atoms with van der Waals surface area (Å²) >= 11 is 0. The molecule has 27 heavy (non-hydrogen) atoms. The first-order valence-electron chi connectivity index (χ1n) is 9.54. The molecule has 0 saturated heterocycles. The van der Waals surface area contributed by atoms with Gasteiger partial charge in [0.2, 0.25) is 0 Å². The van der Waals surface area contributed by atoms with Crippen molar-refractivity contribution in [2.45, 2.75) is 64.7 Å². The third-order valence-electron chi connectivity index (χ3n) is 3.90. The fraction of sp³-hybridized carbons (Fsp3) is 0.524. The lowest BCUT2D eigenvalue weighted by Crippen LogP contribution is -2.07. The zero-order valence-corrected chi connectivity index (χ0v) is 15.8. The second-order valence-electron chi connectivity index (χ2n) is 6.36. The molecule has 0 fully saturated rings. The van der Waals surface area contributed by atoms with Gasteiger partial charge in [0, 0.05) is 30.4 Å². The Morgan fingerprint density at radius 2 is 1.33 bits per heavy atom. The molecule has 4 nitrogen and oxygen atoms in total. The van der Waals surface area contributed by atoms with Gasteiger partial charge in [-0.3, -0.25) is 0 Å². The average Bonchev–Trinajstić information content (AvgIpc) is 2.60. The lowest BCUT2D eigenvalue weighted by Gasteiger charge is -2.03. The van der Waals surface area contributed by atoms with Crippen LogP contribution in [0.4, 0.5) is 8.78 Å². The Morgan fingerprint density at radius 3 is 1.93 bits per heavy atom. The van der Waals surface area contributed by atoms with E-state index in [0.717, 1.165) is 43.5 Å². The molecule has 0 saturated carbocycles. The van der Waals surface area contributed by atoms with Crippen LogP contribution in [0.15, 0.2) is 30.4 Å². The minimum atomic E-state index is -0.917. The molecule has 1 aromatic carbocycles. The Bertz CT molecular complexity index is 594. The smallest absolute Gasteiger partial charge is 0.336 e. The Labute approximate surface area is 159 Å². The predicted molar refractivity (Wildman–Crippen MR) is 99.3 cm³/mol. The van der Waals surface area contributed by atoms with Crippen molar-refractivity contribution in [2.24, 2.45) is 0 Å². The molecule has 0 unspecified atom stereocenters. The van der Waals surface area contributed by atoms with Gasteiger partial charge in [0.25, 0.3) is 0 Å². The van der Waals surface area contributed by atoms with Crippen molar-refractivity contribution >= 4 is 11.9 Å². The molecule has 1 rings (SSSR count). The summed E-state index contributed by atoms with van der Waals surface area (Å²) in [5, 5.41) is 0. The van der Waals surface area contributed by atoms with E-state index in [9.17, 15) is 18.4 Å². The van der Waals surface area contributed by atoms with Crippen LogP contribution >= 0.6 is 0 Å². The van der Waals surface area contributed by atoms with Crippen LogP contribution in [0.3, 0.4) is 0 Å². The van der Waals surface area contributed by atoms with E-state index >= 15 is 0 Å². The summed E-state index contributed by atoms with van der Waals surface area (Å²) in [4.78, 5) is 23.0. The Morgan fingerprint density at radius 1 is 0.815 bits per heavy atom. The van der Waals surface area contributed by atoms with Crippen molar-refractivity contribution in [1.29, 1.82) is 0 Å². The third kappa shape index (κ3) is 11.9. The molecule has 0 aliphatic rings. The molecule has 0 aliphatic heterocycles. The van der Waals surface area contributed by atoms with Crippen LogP contribution in [0.2, 0.25) is 0 Å². The number of halogens is 2. The number of carbonyl (C=O) groups is 2. The van der Waals surface area contributed by atoms with Crippen molar-refractivity contribution in [1.82, 2.24) is 0 Å². The lowest BCUT2D eigenvalue weighted by atomic mass is 10.1. The van der Waals surface area contributed by atoms with Crippen LogP contribution in [0.25, 0.3) is 0 Å². The topological polar surface area (TPSA) is 52.6 Å². The number of unbranched alkanes of at least 4 members (excludes halogenated alkanes) is 8. The fourth-order valence-electron chi connectivity index (χ4n) is 2.51. The lowest BCUT2D eigenvalue weighted by molar-refractivity contribution is -0.138. The number of hydrogen-bond donors (Lipinski definition) is 0. The van der Waals surface area contributed by atoms with Crippen LogP contribution in [-0.4, -0.2) is 18.5 Å². The highest BCUT2D eigenvalue weighted by Crippen LogP contribution is 2.15. The fourth-order valence-corrected chi connectivity index (χ4v) is 2.51. The molecule has 0 amide bonds. The number of rotatable bonds is 13. The SMILES string of the molecule is CCCCCCCCCCCOC(=O)/C=C/C(=O)Oc1cc(F)cc(F)c1. The third-order valence-corrected chi connectivity index (χ3v) is 3.90. The molecule has 0 N–H and O–H groups in total. The number of ether oxygens (including phenoxy) is 2. The highest BCUT2D eigenvalue weighted by molar-refractivity contribution is 5.92. The van der Waals surface area contributed by atoms with Crippen LogP contribution in [0.5, 0.6) is 5.75 Å². The van der Waals surface area contributed by atoms with Crippen LogP contribution < -0.4 is 4.74 Å². The highest BCUT2D eigenvalue weighted by atomic mass is 19.1. The number of hydrogen-bond acceptors (Lipinski definition) is 4. The van der Waals surface area contributed by atoms with E-state index in [1.54, 1.807) is 0 Å². The Hall–Kier alpha value is -2.24. The molecule has 0 aromatic heterocycles. The number of benzene rings is 1. The van der Waals surface area contributed by atoms with E-state index in [2.05, 4.69) is 6.92 Å². The molecular formula is C21H28F2O4. The number of esters is 2. The maximum atomic E-state index is 13.0. The van der Waals surface area contributed by atoms with E-state index in [1.165, 1.54) is 38.5 Å². The van der Waals surface area contributed by atoms with E-state index in [-0.39, 0.29) is 5.75 Å². The molecule has 0 atom stereocenters. The van der Waals surface area contributed by atoms with Gasteiger partial charge >= 0.3 is 11.9 Å². The summed E-state index contributed by atoms with van der Waals surface area (Å²) in [6.45, 7) is 2.49. The van der Waals surface area contributed by atoms with Crippen molar-refractivity contribution in [2.75, 3.05) is 6.61 Å². The van der Waals surface area contributed by atoms with Gasteiger partial charge in [-0.25, -0.2) is 18.4 Å². The van der Waals surface area contributed by atoms with Crippen LogP contribution in [0.1, 0.15) is 64.7 Å². The van der Waals surface area contributed by atoms with Crippen LogP contribution in [0, 0.1) is 11.6 Å². The zero-order chi connectivity index (χ0) is 19.9. The molecule has 0 aliphatic carbocycles. The largest absolute Gasteiger partial charge is 0.463 e. The second-order valence-corrected chi connectivity index (χ2v) is 6.36. The van der Waals surface area contributed by atoms with Gasteiger partial charge in [-0.15, -0.1) is 0 Å². The van der Waals surface area contributed by atoms with Crippen molar-refractivity contribution in [3.8, 4) is 5.75 Å². The summed E-state index contributed by atoms with van der Waals surface area (Å²) in [7, 11) is 0. The summed E-state index contributed by atoms with van der Waals surface area (Å²) < 4.78 is 35.7. The van der Waals surface area contributed by atoms with Gasteiger partial charge in [-0.2, -0.15) is 0 Å². The first-order chi connectivity index (χ1) is 13.0. The molecule has 0 heterocycles. The minimum Gasteiger partial charge on any atom is -0.463 e. The van der Waals surface area contributed by atoms with E-state index in [1.807, 2.05) is 0 Å². The van der Waals surface area contributed by atoms with Gasteiger partial charge in [-0.05, 0) is 6.42 Å². The van der Waals surface area contributed by atoms with Crippen LogP contribution in [-0.2, 0) is 14.3 Å². The van der Waals surface area contributed by atoms with Gasteiger partial charge in [0.05, 0.1) is 6.61 Å². The van der Waals surface area contributed by atoms with Gasteiger partial charge in [0.15, 0.2) is 0 Å². The summed E-state index contributed by atoms with van der Waals surface area (Å²) in [6.07, 6.45) is 12.3. The van der Waals surface area contributed by atoms with E-state index < -0.39 is 23.6 Å². The molecule has 1 aromatic rings. The quantitative estimate of drug-likeness (QED) is 0.196. The van der Waals surface area contributed by atoms with Crippen molar-refractivity contribution in [3.63, 3.8) is 0 Å². The van der Waals surface area contributed by atoms with E-state index in [4.69, 9.17) is 9.47 Å². The van der Waals surface area contributed by atoms with Crippen molar-refractivity contribution in [3.05, 3.63) is 42.0 Å². The maximum absolute atomic E-state index is 13.0. The predicted octanol–water partition coefficient (Wildman–Crippen LogP) is 5.50. The van der Waals surface area contributed by atoms with Gasteiger partial charge in [-0.1, -0.05) is 58.3 Å². The monoisotopic (exact) mass is 382 g/mol. The average molecular weight is 382 g/mol. The van der Waals surface area contributed by atoms with E-state index in [0.29, 0.717) is 12.7 Å². The highest BCUT2D eigenvalue weighted by Gasteiger charge is 2.06. The molecule has 6 heteroatoms. The minimum absolute atomic E-state index is 0.273. The standard InChI is InChI=1S/C21H28F2O4/c1-2-3-4-5-6-7-8-9-10-13-26-20(24)11-12-21(25)27-19-15-17(22)14-18(23)16-19/h11-12,14-16H,2-10,13H2,1H3/b12-11+. The summed E-state index contributed by atoms with van der Waals surface area (Å²) in [5.41, 5.74) is 0. The summed E-state index contributed by atoms with van der Waals surface area (Å²) in [6, 6.07) is 2.41. The second kappa shape index (κ2) is 13.9. The maximum Gasteiger partial charge on any atom is 0.336 e. The first-order valence-corrected chi connectivity index (χ1v) is 9.54. The summed E-state index contributed by atoms with van der Waals surface area (Å²) in [5.74, 6) is -3.56. The molecular weight excluding hydrogens is 354 g/mol. The number of carbonyl (C=O) groups excluding carboxylic acids is 2. The molecule has 150 valence electrons. The Balaban J connectivity index is 2.11. The molecule has 0 bridgehead atoms. The molecule has 0 spiro atoms. The normalized spacial score (nSPS) is 10.9. The Kier molecular flexibility index (Phi) is 11.7. The van der Waals surface area contributed by atoms with Gasteiger partial charge < -0.3 is 9.47 Å². The van der Waals surface area contributed by atoms with Gasteiger partial charge in [0.1, 0.15) is 17.4 Å².